The summed E-state index contributed by atoms with van der Waals surface area (Å²) in [5.41, 5.74) is 6.47. The molecule has 1 amide bonds. The van der Waals surface area contributed by atoms with Crippen LogP contribution in [0.1, 0.15) is 25.8 Å². The fourth-order valence-corrected chi connectivity index (χ4v) is 2.19. The first-order valence-corrected chi connectivity index (χ1v) is 7.22. The Morgan fingerprint density at radius 1 is 1.24 bits per heavy atom. The summed E-state index contributed by atoms with van der Waals surface area (Å²) in [5, 5.41) is 3.04. The van der Waals surface area contributed by atoms with Gasteiger partial charge in [0.25, 0.3) is 0 Å². The summed E-state index contributed by atoms with van der Waals surface area (Å²) in [5.74, 6) is 1.65. The van der Waals surface area contributed by atoms with E-state index >= 15 is 0 Å². The van der Waals surface area contributed by atoms with Gasteiger partial charge >= 0.3 is 0 Å². The van der Waals surface area contributed by atoms with Crippen LogP contribution in [0, 0.1) is 5.92 Å². The quantitative estimate of drug-likeness (QED) is 0.766. The minimum absolute atomic E-state index is 0.00521. The first-order valence-electron chi connectivity index (χ1n) is 7.22. The lowest BCUT2D eigenvalue weighted by atomic mass is 10.0. The predicted molar refractivity (Wildman–Crippen MR) is 83.7 cm³/mol. The Morgan fingerprint density at radius 3 is 2.43 bits per heavy atom. The average Bonchev–Trinajstić information content (AvgIpc) is 2.46. The maximum Gasteiger partial charge on any atom is 0.224 e. The molecule has 0 aliphatic carbocycles. The Kier molecular flexibility index (Phi) is 7.02. The lowest BCUT2D eigenvalue weighted by Gasteiger charge is -2.21. The van der Waals surface area contributed by atoms with Crippen molar-refractivity contribution in [1.82, 2.24) is 5.32 Å². The number of nitrogens with two attached hydrogens (primary N) is 1. The Bertz CT molecular complexity index is 461. The zero-order valence-electron chi connectivity index (χ0n) is 13.3. The van der Waals surface area contributed by atoms with Gasteiger partial charge in [0.2, 0.25) is 5.91 Å². The lowest BCUT2D eigenvalue weighted by Crippen LogP contribution is -2.40. The minimum Gasteiger partial charge on any atom is -0.493 e. The lowest BCUT2D eigenvalue weighted by molar-refractivity contribution is -0.121. The highest BCUT2D eigenvalue weighted by Gasteiger charge is 2.16. The molecule has 0 aliphatic heterocycles. The van der Waals surface area contributed by atoms with Gasteiger partial charge < -0.3 is 20.5 Å². The monoisotopic (exact) mass is 294 g/mol. The summed E-state index contributed by atoms with van der Waals surface area (Å²) in [6, 6.07) is 5.61. The zero-order chi connectivity index (χ0) is 15.8. The van der Waals surface area contributed by atoms with Gasteiger partial charge in [-0.05, 0) is 36.6 Å². The number of nitrogens with one attached hydrogen (secondary N) is 1. The highest BCUT2D eigenvalue weighted by molar-refractivity contribution is 5.79. The zero-order valence-corrected chi connectivity index (χ0v) is 13.3. The number of carbonyl (C=O) groups is 1. The second kappa shape index (κ2) is 8.52. The standard InChI is InChI=1S/C16H26N2O3/c1-11(2)13(7-8-17)18-16(19)10-12-5-6-14(20-3)15(9-12)21-4/h5-6,9,11,13H,7-8,10,17H2,1-4H3,(H,18,19). The van der Waals surface area contributed by atoms with Crippen molar-refractivity contribution in [3.8, 4) is 11.5 Å². The van der Waals surface area contributed by atoms with Crippen molar-refractivity contribution in [3.05, 3.63) is 23.8 Å². The van der Waals surface area contributed by atoms with Crippen molar-refractivity contribution in [2.24, 2.45) is 11.7 Å². The number of ether oxygens (including phenoxy) is 2. The van der Waals surface area contributed by atoms with Gasteiger partial charge in [0.15, 0.2) is 11.5 Å². The van der Waals surface area contributed by atoms with E-state index < -0.39 is 0 Å². The van der Waals surface area contributed by atoms with Gasteiger partial charge in [-0.3, -0.25) is 4.79 Å². The molecule has 0 aliphatic rings. The van der Waals surface area contributed by atoms with Crippen LogP contribution in [-0.4, -0.2) is 32.7 Å². The van der Waals surface area contributed by atoms with Crippen molar-refractivity contribution < 1.29 is 14.3 Å². The molecule has 5 nitrogen and oxygen atoms in total. The summed E-state index contributed by atoms with van der Waals surface area (Å²) in [4.78, 5) is 12.1. The van der Waals surface area contributed by atoms with Gasteiger partial charge in [0, 0.05) is 6.04 Å². The number of carbonyl (C=O) groups excluding carboxylic acids is 1. The summed E-state index contributed by atoms with van der Waals surface area (Å²) in [6.45, 7) is 4.73. The van der Waals surface area contributed by atoms with E-state index in [1.807, 2.05) is 12.1 Å². The largest absolute Gasteiger partial charge is 0.493 e. The van der Waals surface area contributed by atoms with Gasteiger partial charge in [-0.15, -0.1) is 0 Å². The Labute approximate surface area is 126 Å². The molecule has 0 heterocycles. The van der Waals surface area contributed by atoms with Crippen LogP contribution < -0.4 is 20.5 Å². The predicted octanol–water partition coefficient (Wildman–Crippen LogP) is 1.74. The van der Waals surface area contributed by atoms with Crippen LogP contribution >= 0.6 is 0 Å². The van der Waals surface area contributed by atoms with E-state index in [0.717, 1.165) is 12.0 Å². The molecule has 0 aromatic heterocycles. The van der Waals surface area contributed by atoms with Crippen LogP contribution in [0.25, 0.3) is 0 Å². The molecule has 0 saturated heterocycles. The third kappa shape index (κ3) is 5.27. The second-order valence-corrected chi connectivity index (χ2v) is 5.36. The molecule has 1 unspecified atom stereocenters. The first-order chi connectivity index (χ1) is 10.0. The van der Waals surface area contributed by atoms with Crippen molar-refractivity contribution in [1.29, 1.82) is 0 Å². The van der Waals surface area contributed by atoms with Gasteiger partial charge in [-0.25, -0.2) is 0 Å². The highest BCUT2D eigenvalue weighted by Crippen LogP contribution is 2.27. The SMILES string of the molecule is COc1ccc(CC(=O)NC(CCN)C(C)C)cc1OC. The van der Waals surface area contributed by atoms with Crippen LogP contribution in [0.2, 0.25) is 0 Å². The number of benzene rings is 1. The molecule has 0 radical (unpaired) electrons. The number of hydrogen-bond donors (Lipinski definition) is 2. The first kappa shape index (κ1) is 17.3. The molecule has 3 N–H and O–H groups in total. The van der Waals surface area contributed by atoms with Crippen LogP contribution in [0.3, 0.4) is 0 Å². The molecule has 1 aromatic carbocycles. The van der Waals surface area contributed by atoms with Crippen LogP contribution in [0.15, 0.2) is 18.2 Å². The topological polar surface area (TPSA) is 73.6 Å². The van der Waals surface area contributed by atoms with Crippen LogP contribution in [0.5, 0.6) is 11.5 Å². The molecule has 0 saturated carbocycles. The molecular weight excluding hydrogens is 268 g/mol. The van der Waals surface area contributed by atoms with Crippen molar-refractivity contribution in [3.63, 3.8) is 0 Å². The Balaban J connectivity index is 2.70. The molecule has 1 rings (SSSR count). The molecule has 21 heavy (non-hydrogen) atoms. The third-order valence-corrected chi connectivity index (χ3v) is 3.44. The number of amides is 1. The minimum atomic E-state index is -0.00521. The normalized spacial score (nSPS) is 12.1. The Hall–Kier alpha value is -1.75. The summed E-state index contributed by atoms with van der Waals surface area (Å²) >= 11 is 0. The molecule has 118 valence electrons. The van der Waals surface area contributed by atoms with E-state index in [1.54, 1.807) is 20.3 Å². The highest BCUT2D eigenvalue weighted by atomic mass is 16.5. The molecule has 1 atom stereocenters. The third-order valence-electron chi connectivity index (χ3n) is 3.44. The molecule has 0 spiro atoms. The smallest absolute Gasteiger partial charge is 0.224 e. The van der Waals surface area contributed by atoms with E-state index in [2.05, 4.69) is 19.2 Å². The van der Waals surface area contributed by atoms with E-state index in [0.29, 0.717) is 30.4 Å². The van der Waals surface area contributed by atoms with Gasteiger partial charge in [0.1, 0.15) is 0 Å². The van der Waals surface area contributed by atoms with Gasteiger partial charge in [-0.1, -0.05) is 19.9 Å². The maximum absolute atomic E-state index is 12.1. The van der Waals surface area contributed by atoms with Crippen LogP contribution in [0.4, 0.5) is 0 Å². The molecule has 5 heteroatoms. The molecule has 1 aromatic rings. The van der Waals surface area contributed by atoms with Gasteiger partial charge in [0.05, 0.1) is 20.6 Å². The fraction of sp³-hybridized carbons (Fsp3) is 0.562. The maximum atomic E-state index is 12.1. The summed E-state index contributed by atoms with van der Waals surface area (Å²) < 4.78 is 10.4. The van der Waals surface area contributed by atoms with E-state index in [9.17, 15) is 4.79 Å². The van der Waals surface area contributed by atoms with Gasteiger partial charge in [-0.2, -0.15) is 0 Å². The second-order valence-electron chi connectivity index (χ2n) is 5.36. The molecular formula is C16H26N2O3. The molecule has 0 bridgehead atoms. The number of methoxy groups -OCH3 is 2. The molecule has 0 fully saturated rings. The van der Waals surface area contributed by atoms with Crippen molar-refractivity contribution in [2.75, 3.05) is 20.8 Å². The average molecular weight is 294 g/mol. The number of hydrogen-bond acceptors (Lipinski definition) is 4. The summed E-state index contributed by atoms with van der Waals surface area (Å²) in [6.07, 6.45) is 1.10. The van der Waals surface area contributed by atoms with Crippen molar-refractivity contribution >= 4 is 5.91 Å². The fourth-order valence-electron chi connectivity index (χ4n) is 2.19. The van der Waals surface area contributed by atoms with E-state index in [1.165, 1.54) is 0 Å². The Morgan fingerprint density at radius 2 is 1.90 bits per heavy atom. The van der Waals surface area contributed by atoms with Crippen LogP contribution in [-0.2, 0) is 11.2 Å². The van der Waals surface area contributed by atoms with E-state index in [-0.39, 0.29) is 11.9 Å². The van der Waals surface area contributed by atoms with E-state index in [4.69, 9.17) is 15.2 Å². The summed E-state index contributed by atoms with van der Waals surface area (Å²) in [7, 11) is 3.17. The number of rotatable bonds is 8. The van der Waals surface area contributed by atoms with Crippen molar-refractivity contribution in [2.45, 2.75) is 32.7 Å².